The van der Waals surface area contributed by atoms with Crippen LogP contribution in [0.25, 0.3) is 0 Å². The van der Waals surface area contributed by atoms with Gasteiger partial charge in [0.05, 0.1) is 0 Å². The molecular weight excluding hydrogens is 184 g/mol. The second kappa shape index (κ2) is 4.98. The van der Waals surface area contributed by atoms with Crippen LogP contribution in [0.2, 0.25) is 0 Å². The first-order valence-electron chi connectivity index (χ1n) is 6.27. The summed E-state index contributed by atoms with van der Waals surface area (Å²) in [4.78, 5) is 0. The van der Waals surface area contributed by atoms with Crippen LogP contribution in [0.3, 0.4) is 0 Å². The van der Waals surface area contributed by atoms with Gasteiger partial charge in [0.15, 0.2) is 0 Å². The van der Waals surface area contributed by atoms with E-state index in [1.165, 1.54) is 36.8 Å². The van der Waals surface area contributed by atoms with Crippen LogP contribution in [0.15, 0.2) is 16.9 Å². The Balaban J connectivity index is 2.19. The van der Waals surface area contributed by atoms with E-state index in [9.17, 15) is 0 Å². The minimum Gasteiger partial charge on any atom is -0.324 e. The topological polar surface area (TPSA) is 52.0 Å². The fourth-order valence-electron chi connectivity index (χ4n) is 2.60. The quantitative estimate of drug-likeness (QED) is 0.597. The van der Waals surface area contributed by atoms with E-state index < -0.39 is 0 Å². The van der Waals surface area contributed by atoms with Crippen LogP contribution >= 0.6 is 0 Å². The van der Waals surface area contributed by atoms with Crippen molar-refractivity contribution in [2.45, 2.75) is 63.5 Å². The summed E-state index contributed by atoms with van der Waals surface area (Å²) in [6, 6.07) is 0.501. The van der Waals surface area contributed by atoms with Crippen molar-refractivity contribution in [2.75, 3.05) is 0 Å². The van der Waals surface area contributed by atoms with Gasteiger partial charge in [-0.15, -0.1) is 5.73 Å². The van der Waals surface area contributed by atoms with E-state index in [2.05, 4.69) is 5.73 Å². The largest absolute Gasteiger partial charge is 0.324 e. The van der Waals surface area contributed by atoms with Crippen molar-refractivity contribution >= 4 is 0 Å². The molecule has 2 nitrogen and oxygen atoms in total. The highest BCUT2D eigenvalue weighted by Gasteiger charge is 2.17. The highest BCUT2D eigenvalue weighted by molar-refractivity contribution is 5.20. The number of hydrogen-bond donors (Lipinski definition) is 2. The molecule has 0 aromatic rings. The standard InChI is InChI=1S/C13H22N2/c14-12-7-3-1-5-10(12)9-11-6-2-4-8-13(11)15/h12-13H,1-8,14-15H2. The van der Waals surface area contributed by atoms with E-state index >= 15 is 0 Å². The Kier molecular flexibility index (Phi) is 3.63. The maximum Gasteiger partial charge on any atom is 0.0329 e. The summed E-state index contributed by atoms with van der Waals surface area (Å²) in [5.41, 5.74) is 18.4. The average molecular weight is 206 g/mol. The van der Waals surface area contributed by atoms with Crippen LogP contribution in [0, 0.1) is 0 Å². The molecule has 2 aliphatic rings. The molecule has 0 heterocycles. The van der Waals surface area contributed by atoms with Crippen LogP contribution in [0.1, 0.15) is 51.4 Å². The third-order valence-corrected chi connectivity index (χ3v) is 3.64. The van der Waals surface area contributed by atoms with E-state index in [4.69, 9.17) is 11.5 Å². The summed E-state index contributed by atoms with van der Waals surface area (Å²) in [6.07, 6.45) is 9.63. The molecule has 84 valence electrons. The Morgan fingerprint density at radius 3 is 1.67 bits per heavy atom. The van der Waals surface area contributed by atoms with Crippen molar-refractivity contribution in [3.05, 3.63) is 16.9 Å². The van der Waals surface area contributed by atoms with E-state index in [0.29, 0.717) is 0 Å². The fraction of sp³-hybridized carbons (Fsp3) is 0.769. The van der Waals surface area contributed by atoms with Crippen molar-refractivity contribution in [3.8, 4) is 0 Å². The summed E-state index contributed by atoms with van der Waals surface area (Å²) >= 11 is 0. The van der Waals surface area contributed by atoms with Crippen molar-refractivity contribution < 1.29 is 0 Å². The van der Waals surface area contributed by atoms with E-state index in [-0.39, 0.29) is 12.1 Å². The van der Waals surface area contributed by atoms with Gasteiger partial charge in [0.25, 0.3) is 0 Å². The van der Waals surface area contributed by atoms with Crippen LogP contribution in [-0.4, -0.2) is 12.1 Å². The molecule has 4 N–H and O–H groups in total. The van der Waals surface area contributed by atoms with Gasteiger partial charge in [0.2, 0.25) is 0 Å². The first-order valence-corrected chi connectivity index (χ1v) is 6.27. The minimum atomic E-state index is 0.250. The van der Waals surface area contributed by atoms with E-state index in [0.717, 1.165) is 25.7 Å². The second-order valence-electron chi connectivity index (χ2n) is 4.88. The maximum absolute atomic E-state index is 6.09. The maximum atomic E-state index is 6.09. The van der Waals surface area contributed by atoms with E-state index in [1.54, 1.807) is 0 Å². The molecule has 2 atom stereocenters. The van der Waals surface area contributed by atoms with Crippen molar-refractivity contribution in [2.24, 2.45) is 11.5 Å². The Morgan fingerprint density at radius 1 is 0.800 bits per heavy atom. The first kappa shape index (κ1) is 10.9. The molecule has 0 aromatic heterocycles. The van der Waals surface area contributed by atoms with Crippen molar-refractivity contribution in [3.63, 3.8) is 0 Å². The molecule has 0 spiro atoms. The molecular formula is C13H22N2. The summed E-state index contributed by atoms with van der Waals surface area (Å²) < 4.78 is 0. The fourth-order valence-corrected chi connectivity index (χ4v) is 2.60. The molecule has 0 aliphatic heterocycles. The number of nitrogens with two attached hydrogens (primary N) is 2. The number of rotatable bonds is 0. The lowest BCUT2D eigenvalue weighted by Gasteiger charge is -2.23. The SMILES string of the molecule is NC1CCCCC1=C=C1CCCCC1N. The lowest BCUT2D eigenvalue weighted by molar-refractivity contribution is 0.524. The van der Waals surface area contributed by atoms with Crippen molar-refractivity contribution in [1.29, 1.82) is 0 Å². The van der Waals surface area contributed by atoms with Crippen LogP contribution in [-0.2, 0) is 0 Å². The minimum absolute atomic E-state index is 0.250. The van der Waals surface area contributed by atoms with Crippen LogP contribution < -0.4 is 11.5 Å². The molecule has 0 amide bonds. The molecule has 2 aliphatic carbocycles. The Labute approximate surface area is 92.4 Å². The van der Waals surface area contributed by atoms with Gasteiger partial charge in [-0.2, -0.15) is 0 Å². The zero-order valence-corrected chi connectivity index (χ0v) is 9.47. The Bertz CT molecular complexity index is 261. The monoisotopic (exact) mass is 206 g/mol. The van der Waals surface area contributed by atoms with Crippen LogP contribution in [0.4, 0.5) is 0 Å². The van der Waals surface area contributed by atoms with Gasteiger partial charge in [-0.25, -0.2) is 0 Å². The zero-order chi connectivity index (χ0) is 10.7. The summed E-state index contributed by atoms with van der Waals surface area (Å²) in [7, 11) is 0. The van der Waals surface area contributed by atoms with Crippen LogP contribution in [0.5, 0.6) is 0 Å². The van der Waals surface area contributed by atoms with Gasteiger partial charge in [0.1, 0.15) is 0 Å². The first-order chi connectivity index (χ1) is 7.27. The van der Waals surface area contributed by atoms with Gasteiger partial charge in [0, 0.05) is 12.1 Å². The smallest absolute Gasteiger partial charge is 0.0329 e. The zero-order valence-electron chi connectivity index (χ0n) is 9.47. The Morgan fingerprint density at radius 2 is 1.27 bits per heavy atom. The molecule has 2 saturated carbocycles. The molecule has 2 heteroatoms. The third-order valence-electron chi connectivity index (χ3n) is 3.64. The summed E-state index contributed by atoms with van der Waals surface area (Å²) in [6.45, 7) is 0. The van der Waals surface area contributed by atoms with Gasteiger partial charge in [-0.3, -0.25) is 0 Å². The highest BCUT2D eigenvalue weighted by Crippen LogP contribution is 2.25. The second-order valence-corrected chi connectivity index (χ2v) is 4.88. The molecule has 2 unspecified atom stereocenters. The molecule has 2 fully saturated rings. The molecule has 15 heavy (non-hydrogen) atoms. The molecule has 0 saturated heterocycles. The van der Waals surface area contributed by atoms with Gasteiger partial charge < -0.3 is 11.5 Å². The molecule has 0 radical (unpaired) electrons. The Hall–Kier alpha value is -0.560. The molecule has 0 aromatic carbocycles. The number of hydrogen-bond acceptors (Lipinski definition) is 2. The molecule has 0 bridgehead atoms. The van der Waals surface area contributed by atoms with Gasteiger partial charge in [-0.1, -0.05) is 12.8 Å². The third kappa shape index (κ3) is 2.72. The highest BCUT2D eigenvalue weighted by atomic mass is 14.6. The molecule has 2 rings (SSSR count). The summed E-state index contributed by atoms with van der Waals surface area (Å²) in [5, 5.41) is 0. The normalized spacial score (nSPS) is 32.7. The van der Waals surface area contributed by atoms with E-state index in [1.807, 2.05) is 0 Å². The average Bonchev–Trinajstić information content (AvgIpc) is 2.24. The lowest BCUT2D eigenvalue weighted by atomic mass is 9.87. The van der Waals surface area contributed by atoms with Gasteiger partial charge >= 0.3 is 0 Å². The van der Waals surface area contributed by atoms with Gasteiger partial charge in [-0.05, 0) is 49.7 Å². The van der Waals surface area contributed by atoms with Crippen molar-refractivity contribution in [1.82, 2.24) is 0 Å². The lowest BCUT2D eigenvalue weighted by Crippen LogP contribution is -2.27. The summed E-state index contributed by atoms with van der Waals surface area (Å²) in [5.74, 6) is 0. The predicted molar refractivity (Wildman–Crippen MR) is 63.4 cm³/mol. The predicted octanol–water partition coefficient (Wildman–Crippen LogP) is 2.24.